The zero-order valence-electron chi connectivity index (χ0n) is 24.9. The topological polar surface area (TPSA) is 44.3 Å². The third kappa shape index (κ3) is 7.65. The second-order valence-electron chi connectivity index (χ2n) is 11.3. The molecule has 0 saturated heterocycles. The lowest BCUT2D eigenvalue weighted by Crippen LogP contribution is -2.32. The molecule has 1 aromatic heterocycles. The Balaban J connectivity index is 1.29. The second kappa shape index (κ2) is 14.3. The Morgan fingerprint density at radius 1 is 0.829 bits per heavy atom. The van der Waals surface area contributed by atoms with Crippen molar-refractivity contribution in [1.29, 1.82) is 0 Å². The summed E-state index contributed by atoms with van der Waals surface area (Å²) in [6.45, 7) is 9.52. The van der Waals surface area contributed by atoms with Gasteiger partial charge in [0.25, 0.3) is 0 Å². The molecular formula is C35H44ClN5. The molecule has 0 spiro atoms. The van der Waals surface area contributed by atoms with Gasteiger partial charge in [-0.2, -0.15) is 0 Å². The van der Waals surface area contributed by atoms with Gasteiger partial charge in [0.05, 0.1) is 5.52 Å². The molecule has 1 aliphatic carbocycles. The average molecular weight is 570 g/mol. The quantitative estimate of drug-likeness (QED) is 0.173. The molecule has 4 aromatic rings. The molecule has 0 unspecified atom stereocenters. The molecule has 5 nitrogen and oxygen atoms in total. The predicted octanol–water partition coefficient (Wildman–Crippen LogP) is 8.53. The summed E-state index contributed by atoms with van der Waals surface area (Å²) in [6, 6.07) is 24.2. The van der Waals surface area contributed by atoms with Gasteiger partial charge in [-0.3, -0.25) is 4.90 Å². The highest BCUT2D eigenvalue weighted by Crippen LogP contribution is 2.29. The summed E-state index contributed by atoms with van der Waals surface area (Å²) in [5.74, 6) is 1.57. The van der Waals surface area contributed by atoms with Crippen molar-refractivity contribution < 1.29 is 0 Å². The zero-order valence-corrected chi connectivity index (χ0v) is 25.6. The van der Waals surface area contributed by atoms with Crippen molar-refractivity contribution in [3.63, 3.8) is 0 Å². The molecule has 1 saturated carbocycles. The Bertz CT molecular complexity index is 1390. The van der Waals surface area contributed by atoms with E-state index in [-0.39, 0.29) is 0 Å². The van der Waals surface area contributed by atoms with E-state index in [0.29, 0.717) is 10.8 Å². The average Bonchev–Trinajstić information content (AvgIpc) is 3.01. The van der Waals surface area contributed by atoms with Crippen LogP contribution >= 0.6 is 11.6 Å². The highest BCUT2D eigenvalue weighted by atomic mass is 35.5. The number of benzene rings is 3. The smallest absolute Gasteiger partial charge is 0.162 e. The third-order valence-electron chi connectivity index (χ3n) is 8.56. The molecule has 0 atom stereocenters. The largest absolute Gasteiger partial charge is 0.369 e. The fourth-order valence-corrected chi connectivity index (χ4v) is 6.14. The normalized spacial score (nSPS) is 14.3. The van der Waals surface area contributed by atoms with Crippen LogP contribution in [0.25, 0.3) is 33.4 Å². The van der Waals surface area contributed by atoms with E-state index in [4.69, 9.17) is 21.6 Å². The molecule has 0 bridgehead atoms. The molecule has 5 rings (SSSR count). The first-order valence-corrected chi connectivity index (χ1v) is 15.8. The van der Waals surface area contributed by atoms with Crippen molar-refractivity contribution in [3.05, 3.63) is 77.3 Å². The van der Waals surface area contributed by atoms with Crippen LogP contribution in [0.3, 0.4) is 0 Å². The first-order chi connectivity index (χ1) is 20.0. The van der Waals surface area contributed by atoms with Crippen LogP contribution in [0.1, 0.15) is 57.9 Å². The second-order valence-corrected chi connectivity index (χ2v) is 11.8. The minimum atomic E-state index is 0.679. The summed E-state index contributed by atoms with van der Waals surface area (Å²) in [4.78, 5) is 14.8. The molecule has 6 heteroatoms. The Hall–Kier alpha value is -2.99. The highest BCUT2D eigenvalue weighted by Gasteiger charge is 2.18. The number of nitrogens with one attached hydrogen (secondary N) is 1. The number of hydrogen-bond donors (Lipinski definition) is 1. The number of halogens is 1. The summed E-state index contributed by atoms with van der Waals surface area (Å²) in [5.41, 5.74) is 5.64. The van der Waals surface area contributed by atoms with Crippen molar-refractivity contribution in [3.8, 4) is 22.5 Å². The molecule has 1 N–H and O–H groups in total. The minimum Gasteiger partial charge on any atom is -0.369 e. The van der Waals surface area contributed by atoms with E-state index in [1.165, 1.54) is 48.8 Å². The lowest BCUT2D eigenvalue weighted by Gasteiger charge is -2.31. The maximum Gasteiger partial charge on any atom is 0.162 e. The highest BCUT2D eigenvalue weighted by molar-refractivity contribution is 6.31. The first kappa shape index (κ1) is 29.5. The summed E-state index contributed by atoms with van der Waals surface area (Å²) >= 11 is 6.34. The van der Waals surface area contributed by atoms with Gasteiger partial charge < -0.3 is 10.2 Å². The summed E-state index contributed by atoms with van der Waals surface area (Å²) < 4.78 is 0. The zero-order chi connectivity index (χ0) is 28.6. The standard InChI is InChI=1S/C35H44ClN5/c1-4-41(5-2)23-9-22-37-35-32-21-20-30(36)24-33(32)38-34(39-35)29-18-16-28(17-19-29)27-14-12-26(13-15-27)25-40(3)31-10-7-6-8-11-31/h12-21,24,31H,4-11,22-23,25H2,1-3H3,(H,37,38,39). The molecule has 216 valence electrons. The van der Waals surface area contributed by atoms with Gasteiger partial charge in [0, 0.05) is 35.1 Å². The minimum absolute atomic E-state index is 0.679. The van der Waals surface area contributed by atoms with Crippen LogP contribution in [0.2, 0.25) is 5.02 Å². The van der Waals surface area contributed by atoms with Crippen LogP contribution < -0.4 is 5.32 Å². The maximum atomic E-state index is 6.34. The van der Waals surface area contributed by atoms with E-state index in [2.05, 4.69) is 84.5 Å². The maximum absolute atomic E-state index is 6.34. The molecule has 1 heterocycles. The molecule has 41 heavy (non-hydrogen) atoms. The van der Waals surface area contributed by atoms with Gasteiger partial charge in [-0.1, -0.05) is 93.2 Å². The number of fused-ring (bicyclic) bond motifs is 1. The third-order valence-corrected chi connectivity index (χ3v) is 8.79. The number of hydrogen-bond acceptors (Lipinski definition) is 5. The van der Waals surface area contributed by atoms with Crippen LogP contribution in [0.5, 0.6) is 0 Å². The molecule has 0 amide bonds. The first-order valence-electron chi connectivity index (χ1n) is 15.4. The van der Waals surface area contributed by atoms with Gasteiger partial charge in [0.1, 0.15) is 5.82 Å². The van der Waals surface area contributed by atoms with Gasteiger partial charge in [0.2, 0.25) is 0 Å². The van der Waals surface area contributed by atoms with Crippen molar-refractivity contribution in [2.24, 2.45) is 0 Å². The van der Waals surface area contributed by atoms with Crippen molar-refractivity contribution in [2.45, 2.75) is 65.0 Å². The Morgan fingerprint density at radius 2 is 1.49 bits per heavy atom. The summed E-state index contributed by atoms with van der Waals surface area (Å²) in [7, 11) is 2.28. The Labute approximate surface area is 251 Å². The molecule has 0 aliphatic heterocycles. The van der Waals surface area contributed by atoms with Gasteiger partial charge in [-0.15, -0.1) is 0 Å². The van der Waals surface area contributed by atoms with Crippen LogP contribution in [-0.4, -0.2) is 59.0 Å². The molecular weight excluding hydrogens is 526 g/mol. The molecule has 1 aliphatic rings. The van der Waals surface area contributed by atoms with Crippen LogP contribution in [0.15, 0.2) is 66.7 Å². The molecule has 1 fully saturated rings. The van der Waals surface area contributed by atoms with Gasteiger partial charge in [0.15, 0.2) is 5.82 Å². The van der Waals surface area contributed by atoms with E-state index < -0.39 is 0 Å². The van der Waals surface area contributed by atoms with Crippen molar-refractivity contribution >= 4 is 28.3 Å². The molecule has 3 aromatic carbocycles. The van der Waals surface area contributed by atoms with Gasteiger partial charge >= 0.3 is 0 Å². The van der Waals surface area contributed by atoms with Gasteiger partial charge in [-0.05, 0) is 80.8 Å². The van der Waals surface area contributed by atoms with Crippen molar-refractivity contribution in [1.82, 2.24) is 19.8 Å². The van der Waals surface area contributed by atoms with E-state index in [0.717, 1.165) is 67.5 Å². The lowest BCUT2D eigenvalue weighted by atomic mass is 9.94. The Kier molecular flexibility index (Phi) is 10.3. The lowest BCUT2D eigenvalue weighted by molar-refractivity contribution is 0.184. The van der Waals surface area contributed by atoms with Crippen LogP contribution in [-0.2, 0) is 6.54 Å². The monoisotopic (exact) mass is 569 g/mol. The fourth-order valence-electron chi connectivity index (χ4n) is 5.97. The summed E-state index contributed by atoms with van der Waals surface area (Å²) in [5, 5.41) is 5.24. The number of rotatable bonds is 12. The van der Waals surface area contributed by atoms with Crippen LogP contribution in [0.4, 0.5) is 5.82 Å². The predicted molar refractivity (Wildman–Crippen MR) is 175 cm³/mol. The fraction of sp³-hybridized carbons (Fsp3) is 0.429. The number of nitrogens with zero attached hydrogens (tertiary/aromatic N) is 4. The van der Waals surface area contributed by atoms with Crippen LogP contribution in [0, 0.1) is 0 Å². The number of anilines is 1. The SMILES string of the molecule is CCN(CC)CCCNc1nc(-c2ccc(-c3ccc(CN(C)C4CCCCC4)cc3)cc2)nc2cc(Cl)ccc12. The number of aromatic nitrogens is 2. The molecule has 0 radical (unpaired) electrons. The summed E-state index contributed by atoms with van der Waals surface area (Å²) in [6.07, 6.45) is 7.87. The van der Waals surface area contributed by atoms with E-state index in [1.54, 1.807) is 0 Å². The van der Waals surface area contributed by atoms with E-state index in [1.807, 2.05) is 18.2 Å². The van der Waals surface area contributed by atoms with Gasteiger partial charge in [-0.25, -0.2) is 9.97 Å². The van der Waals surface area contributed by atoms with E-state index in [9.17, 15) is 0 Å². The Morgan fingerprint density at radius 3 is 2.17 bits per heavy atom. The van der Waals surface area contributed by atoms with Crippen molar-refractivity contribution in [2.75, 3.05) is 38.5 Å². The van der Waals surface area contributed by atoms with E-state index >= 15 is 0 Å².